The van der Waals surface area contributed by atoms with Gasteiger partial charge in [-0.15, -0.1) is 0 Å². The maximum Gasteiger partial charge on any atom is -0.00445 e. The maximum atomic E-state index is 2.68. The lowest BCUT2D eigenvalue weighted by molar-refractivity contribution is -0.0214. The molecule has 0 spiro atoms. The van der Waals surface area contributed by atoms with Gasteiger partial charge in [-0.05, 0) is 109 Å². The highest BCUT2D eigenvalue weighted by atomic mass is 14.6. The van der Waals surface area contributed by atoms with E-state index in [1.807, 2.05) is 0 Å². The fraction of sp³-hybridized carbons (Fsp3) is 0.793. The van der Waals surface area contributed by atoms with E-state index in [1.54, 1.807) is 5.57 Å². The molecule has 0 saturated heterocycles. The molecule has 4 rings (SSSR count). The first kappa shape index (κ1) is 21.5. The second-order valence-corrected chi connectivity index (χ2v) is 11.9. The van der Waals surface area contributed by atoms with Crippen LogP contribution in [-0.2, 0) is 0 Å². The molecule has 1 unspecified atom stereocenters. The molecule has 0 bridgehead atoms. The summed E-state index contributed by atoms with van der Waals surface area (Å²) in [5, 5.41) is 0. The summed E-state index contributed by atoms with van der Waals surface area (Å²) in [5.41, 5.74) is 2.69. The summed E-state index contributed by atoms with van der Waals surface area (Å²) >= 11 is 0. The lowest BCUT2D eigenvalue weighted by Gasteiger charge is -2.56. The average Bonchev–Trinajstić information content (AvgIpc) is 3.05. The predicted octanol–water partition coefficient (Wildman–Crippen LogP) is 8.61. The summed E-state index contributed by atoms with van der Waals surface area (Å²) in [6.45, 7) is 14.9. The zero-order valence-electron chi connectivity index (χ0n) is 20.1. The van der Waals surface area contributed by atoms with Crippen molar-refractivity contribution in [2.75, 3.05) is 0 Å². The summed E-state index contributed by atoms with van der Waals surface area (Å²) < 4.78 is 0. The molecule has 2 saturated carbocycles. The molecule has 0 nitrogen and oxygen atoms in total. The number of hydrogen-bond acceptors (Lipinski definition) is 0. The summed E-state index contributed by atoms with van der Waals surface area (Å²) in [5.74, 6) is 5.74. The first-order valence-corrected chi connectivity index (χ1v) is 12.9. The summed E-state index contributed by atoms with van der Waals surface area (Å²) in [7, 11) is 0. The van der Waals surface area contributed by atoms with Gasteiger partial charge >= 0.3 is 0 Å². The van der Waals surface area contributed by atoms with Gasteiger partial charge in [-0.1, -0.05) is 71.9 Å². The highest BCUT2D eigenvalue weighted by Gasteiger charge is 2.58. The van der Waals surface area contributed by atoms with Gasteiger partial charge in [0.15, 0.2) is 0 Å². The van der Waals surface area contributed by atoms with Crippen molar-refractivity contribution in [3.63, 3.8) is 0 Å². The van der Waals surface area contributed by atoms with Crippen LogP contribution in [0.4, 0.5) is 0 Å². The quantitative estimate of drug-likeness (QED) is 0.409. The van der Waals surface area contributed by atoms with Gasteiger partial charge in [0.2, 0.25) is 0 Å². The number of fused-ring (bicyclic) bond motifs is 5. The van der Waals surface area contributed by atoms with E-state index in [4.69, 9.17) is 0 Å². The van der Waals surface area contributed by atoms with Gasteiger partial charge in [-0.2, -0.15) is 0 Å². The molecular formula is C29H46. The van der Waals surface area contributed by atoms with Gasteiger partial charge in [0, 0.05) is 0 Å². The van der Waals surface area contributed by atoms with E-state index < -0.39 is 0 Å². The van der Waals surface area contributed by atoms with Crippen LogP contribution in [0.3, 0.4) is 0 Å². The number of hydrogen-bond donors (Lipinski definition) is 0. The normalized spacial score (nSPS) is 43.6. The Bertz CT molecular complexity index is 678. The average molecular weight is 395 g/mol. The van der Waals surface area contributed by atoms with Crippen LogP contribution < -0.4 is 0 Å². The molecule has 0 heteroatoms. The molecule has 2 fully saturated rings. The highest BCUT2D eigenvalue weighted by molar-refractivity contribution is 5.35. The molecular weight excluding hydrogens is 348 g/mol. The van der Waals surface area contributed by atoms with Gasteiger partial charge in [0.25, 0.3) is 0 Å². The number of allylic oxidation sites excluding steroid dienone is 6. The molecule has 0 radical (unpaired) electrons. The predicted molar refractivity (Wildman–Crippen MR) is 127 cm³/mol. The Kier molecular flexibility index (Phi) is 5.95. The first-order valence-electron chi connectivity index (χ1n) is 12.9. The van der Waals surface area contributed by atoms with Crippen LogP contribution in [-0.4, -0.2) is 0 Å². The van der Waals surface area contributed by atoms with Crippen molar-refractivity contribution in [3.05, 3.63) is 36.0 Å². The molecule has 4 aliphatic rings. The zero-order chi connectivity index (χ0) is 20.8. The minimum atomic E-state index is 0.466. The van der Waals surface area contributed by atoms with Crippen LogP contribution in [0.5, 0.6) is 0 Å². The monoisotopic (exact) mass is 394 g/mol. The molecule has 0 aromatic heterocycles. The minimum absolute atomic E-state index is 0.466. The molecule has 29 heavy (non-hydrogen) atoms. The van der Waals surface area contributed by atoms with E-state index in [1.165, 1.54) is 51.4 Å². The Balaban J connectivity index is 1.54. The third-order valence-electron chi connectivity index (χ3n) is 10.3. The molecule has 162 valence electrons. The number of rotatable bonds is 5. The fourth-order valence-electron chi connectivity index (χ4n) is 8.37. The molecule has 0 N–H and O–H groups in total. The highest BCUT2D eigenvalue weighted by Crippen LogP contribution is 2.66. The molecule has 8 atom stereocenters. The Morgan fingerprint density at radius 2 is 1.83 bits per heavy atom. The second-order valence-electron chi connectivity index (χ2n) is 11.9. The van der Waals surface area contributed by atoms with Crippen molar-refractivity contribution in [2.45, 2.75) is 92.9 Å². The molecule has 0 aromatic rings. The summed E-state index contributed by atoms with van der Waals surface area (Å²) in [6.07, 6.45) is 24.2. The summed E-state index contributed by atoms with van der Waals surface area (Å²) in [6, 6.07) is 0. The van der Waals surface area contributed by atoms with Crippen LogP contribution in [0.1, 0.15) is 92.9 Å². The molecule has 0 heterocycles. The standard InChI is InChI=1S/C29H46/c1-7-22(20(2)3)12-11-21(4)25-15-16-26-24-14-13-23-10-8-9-18-28(23,5)27(24)17-19-29(25,26)6/h10-14,20-22,24-27H,7-9,15-19H2,1-6H3/t21-,22?,24+,25-,26+,27+,28+,29-/m1/s1. The topological polar surface area (TPSA) is 0 Å². The van der Waals surface area contributed by atoms with Crippen molar-refractivity contribution in [2.24, 2.45) is 52.3 Å². The molecule has 0 aromatic carbocycles. The van der Waals surface area contributed by atoms with Crippen LogP contribution in [0.2, 0.25) is 0 Å². The Morgan fingerprint density at radius 3 is 2.55 bits per heavy atom. The van der Waals surface area contributed by atoms with Crippen LogP contribution >= 0.6 is 0 Å². The van der Waals surface area contributed by atoms with Gasteiger partial charge in [0.1, 0.15) is 0 Å². The van der Waals surface area contributed by atoms with Gasteiger partial charge in [-0.3, -0.25) is 0 Å². The lowest BCUT2D eigenvalue weighted by atomic mass is 9.48. The zero-order valence-corrected chi connectivity index (χ0v) is 20.1. The van der Waals surface area contributed by atoms with Gasteiger partial charge < -0.3 is 0 Å². The van der Waals surface area contributed by atoms with Crippen molar-refractivity contribution >= 4 is 0 Å². The van der Waals surface area contributed by atoms with Crippen molar-refractivity contribution < 1.29 is 0 Å². The minimum Gasteiger partial charge on any atom is -0.0851 e. The Labute approximate surface area is 181 Å². The smallest absolute Gasteiger partial charge is 0.00445 e. The molecule has 0 amide bonds. The van der Waals surface area contributed by atoms with Crippen molar-refractivity contribution in [3.8, 4) is 0 Å². The van der Waals surface area contributed by atoms with Crippen LogP contribution in [0.25, 0.3) is 0 Å². The molecule has 0 aliphatic heterocycles. The van der Waals surface area contributed by atoms with Gasteiger partial charge in [-0.25, -0.2) is 0 Å². The largest absolute Gasteiger partial charge is 0.0851 e. The van der Waals surface area contributed by atoms with E-state index >= 15 is 0 Å². The summed E-state index contributed by atoms with van der Waals surface area (Å²) in [4.78, 5) is 0. The first-order chi connectivity index (χ1) is 13.8. The van der Waals surface area contributed by atoms with Crippen LogP contribution in [0, 0.1) is 52.3 Å². The fourth-order valence-corrected chi connectivity index (χ4v) is 8.37. The van der Waals surface area contributed by atoms with Gasteiger partial charge in [0.05, 0.1) is 0 Å². The van der Waals surface area contributed by atoms with Crippen LogP contribution in [0.15, 0.2) is 36.0 Å². The van der Waals surface area contributed by atoms with E-state index in [2.05, 4.69) is 71.9 Å². The Morgan fingerprint density at radius 1 is 1.03 bits per heavy atom. The third-order valence-corrected chi connectivity index (χ3v) is 10.3. The van der Waals surface area contributed by atoms with E-state index in [0.717, 1.165) is 41.4 Å². The molecule has 4 aliphatic carbocycles. The third kappa shape index (κ3) is 3.51. The lowest BCUT2D eigenvalue weighted by Crippen LogP contribution is -2.49. The SMILES string of the molecule is CCC(C=C[C@@H](C)[C@H]1CC[C@H]2[C@@H]3C=CC4=CCCC[C@]4(C)[C@H]3CC[C@]12C)C(C)C. The van der Waals surface area contributed by atoms with Crippen molar-refractivity contribution in [1.82, 2.24) is 0 Å². The van der Waals surface area contributed by atoms with E-state index in [0.29, 0.717) is 10.8 Å². The Hall–Kier alpha value is -0.780. The van der Waals surface area contributed by atoms with Crippen molar-refractivity contribution in [1.29, 1.82) is 0 Å². The van der Waals surface area contributed by atoms with E-state index in [-0.39, 0.29) is 0 Å². The maximum absolute atomic E-state index is 2.68. The van der Waals surface area contributed by atoms with E-state index in [9.17, 15) is 0 Å². The second kappa shape index (κ2) is 8.05.